The van der Waals surface area contributed by atoms with E-state index in [4.69, 9.17) is 5.10 Å². The summed E-state index contributed by atoms with van der Waals surface area (Å²) < 4.78 is 2.05. The molecular formula is C18H23N3S. The van der Waals surface area contributed by atoms with Crippen molar-refractivity contribution in [1.82, 2.24) is 4.68 Å². The largest absolute Gasteiger partial charge is 0.258 e. The van der Waals surface area contributed by atoms with Crippen LogP contribution in [-0.4, -0.2) is 16.9 Å². The summed E-state index contributed by atoms with van der Waals surface area (Å²) >= 11 is 1.67. The number of nitrogens with zero attached hydrogens (tertiary/aromatic N) is 3. The molecule has 4 heteroatoms. The first-order chi connectivity index (χ1) is 10.8. The second-order valence-corrected chi connectivity index (χ2v) is 6.74. The van der Waals surface area contributed by atoms with E-state index >= 15 is 0 Å². The quantitative estimate of drug-likeness (QED) is 0.795. The highest BCUT2D eigenvalue weighted by Gasteiger charge is 2.15. The zero-order chi connectivity index (χ0) is 15.4. The summed E-state index contributed by atoms with van der Waals surface area (Å²) in [5, 5.41) is 7.12. The summed E-state index contributed by atoms with van der Waals surface area (Å²) in [5.74, 6) is 0.833. The van der Waals surface area contributed by atoms with Crippen molar-refractivity contribution in [2.75, 3.05) is 6.54 Å². The molecule has 0 saturated heterocycles. The van der Waals surface area contributed by atoms with Gasteiger partial charge in [-0.1, -0.05) is 37.3 Å². The van der Waals surface area contributed by atoms with Crippen molar-refractivity contribution in [2.45, 2.75) is 39.5 Å². The Morgan fingerprint density at radius 3 is 2.59 bits per heavy atom. The lowest BCUT2D eigenvalue weighted by Gasteiger charge is -2.19. The molecule has 1 aromatic heterocycles. The van der Waals surface area contributed by atoms with Gasteiger partial charge in [0.2, 0.25) is 4.80 Å². The van der Waals surface area contributed by atoms with Crippen LogP contribution in [0, 0.1) is 5.92 Å². The Labute approximate surface area is 136 Å². The van der Waals surface area contributed by atoms with Gasteiger partial charge in [0.15, 0.2) is 0 Å². The minimum Gasteiger partial charge on any atom is -0.258 e. The highest BCUT2D eigenvalue weighted by Crippen LogP contribution is 2.23. The number of aromatic nitrogens is 1. The fourth-order valence-corrected chi connectivity index (χ4v) is 3.68. The molecular weight excluding hydrogens is 290 g/mol. The summed E-state index contributed by atoms with van der Waals surface area (Å²) in [4.78, 5) is 5.60. The Hall–Kier alpha value is -1.68. The van der Waals surface area contributed by atoms with Gasteiger partial charge in [0.05, 0.1) is 5.69 Å². The first-order valence-electron chi connectivity index (χ1n) is 8.11. The number of rotatable bonds is 3. The third kappa shape index (κ3) is 3.38. The van der Waals surface area contributed by atoms with E-state index in [0.29, 0.717) is 0 Å². The lowest BCUT2D eigenvalue weighted by molar-refractivity contribution is 0.481. The van der Waals surface area contributed by atoms with Crippen molar-refractivity contribution in [1.29, 1.82) is 0 Å². The minimum absolute atomic E-state index is 0.788. The van der Waals surface area contributed by atoms with Crippen LogP contribution in [0.3, 0.4) is 0 Å². The fraction of sp³-hybridized carbons (Fsp3) is 0.444. The first-order valence-corrected chi connectivity index (χ1v) is 8.99. The molecule has 0 spiro atoms. The number of hydrogen-bond acceptors (Lipinski definition) is 3. The summed E-state index contributed by atoms with van der Waals surface area (Å²) in [7, 11) is 0. The lowest BCUT2D eigenvalue weighted by Crippen LogP contribution is -2.18. The topological polar surface area (TPSA) is 29.6 Å². The fourth-order valence-electron chi connectivity index (χ4n) is 2.78. The summed E-state index contributed by atoms with van der Waals surface area (Å²) in [6.45, 7) is 5.19. The Kier molecular flexibility index (Phi) is 4.88. The predicted octanol–water partition coefficient (Wildman–Crippen LogP) is 4.55. The van der Waals surface area contributed by atoms with E-state index in [1.54, 1.807) is 11.3 Å². The van der Waals surface area contributed by atoms with Gasteiger partial charge in [-0.15, -0.1) is 11.3 Å². The molecule has 0 amide bonds. The molecule has 2 aromatic rings. The van der Waals surface area contributed by atoms with Crippen molar-refractivity contribution >= 4 is 17.0 Å². The maximum Gasteiger partial charge on any atom is 0.206 e. The van der Waals surface area contributed by atoms with Crippen LogP contribution in [0.25, 0.3) is 11.3 Å². The Balaban J connectivity index is 2.03. The third-order valence-corrected chi connectivity index (χ3v) is 5.00. The highest BCUT2D eigenvalue weighted by atomic mass is 32.1. The monoisotopic (exact) mass is 313 g/mol. The van der Waals surface area contributed by atoms with Crippen molar-refractivity contribution in [2.24, 2.45) is 16.0 Å². The number of benzene rings is 1. The molecule has 0 radical (unpaired) electrons. The molecule has 3 rings (SSSR count). The molecule has 1 aromatic carbocycles. The van der Waals surface area contributed by atoms with Crippen LogP contribution in [0.1, 0.15) is 39.5 Å². The molecule has 0 aliphatic heterocycles. The normalized spacial score (nSPS) is 19.5. The maximum absolute atomic E-state index is 4.96. The van der Waals surface area contributed by atoms with Gasteiger partial charge in [-0.3, -0.25) is 4.99 Å². The van der Waals surface area contributed by atoms with E-state index in [2.05, 4.69) is 53.2 Å². The Morgan fingerprint density at radius 2 is 1.91 bits per heavy atom. The molecule has 116 valence electrons. The van der Waals surface area contributed by atoms with Gasteiger partial charge >= 0.3 is 0 Å². The first kappa shape index (κ1) is 15.2. The number of hydrogen-bond donors (Lipinski definition) is 0. The van der Waals surface area contributed by atoms with E-state index in [9.17, 15) is 0 Å². The smallest absolute Gasteiger partial charge is 0.206 e. The molecule has 1 heterocycles. The van der Waals surface area contributed by atoms with Crippen molar-refractivity contribution < 1.29 is 0 Å². The van der Waals surface area contributed by atoms with Gasteiger partial charge < -0.3 is 0 Å². The summed E-state index contributed by atoms with van der Waals surface area (Å²) in [6, 6.07) is 10.5. The average molecular weight is 313 g/mol. The van der Waals surface area contributed by atoms with Crippen molar-refractivity contribution in [3.05, 3.63) is 40.5 Å². The van der Waals surface area contributed by atoms with E-state index in [-0.39, 0.29) is 0 Å². The van der Waals surface area contributed by atoms with E-state index < -0.39 is 0 Å². The maximum atomic E-state index is 4.96. The van der Waals surface area contributed by atoms with Crippen LogP contribution >= 0.6 is 11.3 Å². The zero-order valence-electron chi connectivity index (χ0n) is 13.3. The third-order valence-electron chi connectivity index (χ3n) is 4.14. The van der Waals surface area contributed by atoms with Gasteiger partial charge in [-0.2, -0.15) is 5.10 Å². The summed E-state index contributed by atoms with van der Waals surface area (Å²) in [6.07, 6.45) is 4.74. The minimum atomic E-state index is 0.788. The molecule has 1 fully saturated rings. The van der Waals surface area contributed by atoms with Crippen LogP contribution in [-0.2, 0) is 0 Å². The van der Waals surface area contributed by atoms with E-state index in [1.165, 1.54) is 24.1 Å². The Morgan fingerprint density at radius 1 is 1.18 bits per heavy atom. The number of thiazole rings is 1. The van der Waals surface area contributed by atoms with Crippen LogP contribution < -0.4 is 4.80 Å². The molecule has 0 bridgehead atoms. The van der Waals surface area contributed by atoms with Crippen molar-refractivity contribution in [3.8, 4) is 11.3 Å². The molecule has 1 saturated carbocycles. The van der Waals surface area contributed by atoms with Crippen molar-refractivity contribution in [3.63, 3.8) is 0 Å². The second kappa shape index (κ2) is 7.05. The standard InChI is InChI=1S/C18H23N3S/c1-3-19-18-21(20-16-11-9-14(2)10-12-16)17(13-22-18)15-7-5-4-6-8-15/h4-8,13-14H,3,9-12H2,1-2H3. The molecule has 1 aliphatic rings. The molecule has 3 nitrogen and oxygen atoms in total. The van der Waals surface area contributed by atoms with Crippen LogP contribution in [0.5, 0.6) is 0 Å². The van der Waals surface area contributed by atoms with Crippen LogP contribution in [0.2, 0.25) is 0 Å². The highest BCUT2D eigenvalue weighted by molar-refractivity contribution is 7.07. The summed E-state index contributed by atoms with van der Waals surface area (Å²) in [5.41, 5.74) is 3.65. The van der Waals surface area contributed by atoms with Crippen LogP contribution in [0.15, 0.2) is 45.8 Å². The van der Waals surface area contributed by atoms with E-state index in [0.717, 1.165) is 35.8 Å². The molecule has 0 unspecified atom stereocenters. The van der Waals surface area contributed by atoms with Gasteiger partial charge in [0, 0.05) is 23.2 Å². The molecule has 0 N–H and O–H groups in total. The molecule has 22 heavy (non-hydrogen) atoms. The predicted molar refractivity (Wildman–Crippen MR) is 94.3 cm³/mol. The Bertz CT molecular complexity index is 699. The van der Waals surface area contributed by atoms with Gasteiger partial charge in [0.25, 0.3) is 0 Å². The van der Waals surface area contributed by atoms with Gasteiger partial charge in [0.1, 0.15) is 0 Å². The van der Waals surface area contributed by atoms with E-state index in [1.807, 2.05) is 6.07 Å². The zero-order valence-corrected chi connectivity index (χ0v) is 14.1. The average Bonchev–Trinajstić information content (AvgIpc) is 2.94. The van der Waals surface area contributed by atoms with Crippen LogP contribution in [0.4, 0.5) is 0 Å². The van der Waals surface area contributed by atoms with Gasteiger partial charge in [-0.05, 0) is 38.5 Å². The SMILES string of the molecule is CCN=c1scc(-c2ccccc2)n1N=C1CCC(C)CC1. The van der Waals surface area contributed by atoms with Gasteiger partial charge in [-0.25, -0.2) is 4.68 Å². The second-order valence-electron chi connectivity index (χ2n) is 5.90. The lowest BCUT2D eigenvalue weighted by atomic mass is 9.90. The molecule has 0 atom stereocenters. The molecule has 1 aliphatic carbocycles.